The van der Waals surface area contributed by atoms with E-state index in [1.165, 1.54) is 19.2 Å². The van der Waals surface area contributed by atoms with Crippen molar-refractivity contribution in [2.45, 2.75) is 6.42 Å². The molecule has 0 saturated heterocycles. The van der Waals surface area contributed by atoms with Crippen LogP contribution in [0.25, 0.3) is 0 Å². The molecule has 1 aromatic carbocycles. The van der Waals surface area contributed by atoms with Gasteiger partial charge in [0.25, 0.3) is 0 Å². The Hall–Kier alpha value is -1.46. The molecule has 1 aromatic rings. The van der Waals surface area contributed by atoms with Gasteiger partial charge in [-0.25, -0.2) is 4.79 Å². The Morgan fingerprint density at radius 1 is 1.42 bits per heavy atom. The second-order valence-corrected chi connectivity index (χ2v) is 4.71. The molecule has 0 aromatic heterocycles. The Labute approximate surface area is 117 Å². The van der Waals surface area contributed by atoms with E-state index in [2.05, 4.69) is 4.90 Å². The number of aromatic carboxylic acids is 1. The Kier molecular flexibility index (Phi) is 5.92. The first kappa shape index (κ1) is 15.6. The molecule has 0 bridgehead atoms. The number of halogens is 1. The van der Waals surface area contributed by atoms with Crippen molar-refractivity contribution in [1.82, 2.24) is 4.90 Å². The third kappa shape index (κ3) is 4.61. The lowest BCUT2D eigenvalue weighted by atomic mass is 10.2. The van der Waals surface area contributed by atoms with Crippen molar-refractivity contribution >= 4 is 17.6 Å². The zero-order chi connectivity index (χ0) is 14.4. The molecule has 0 aliphatic heterocycles. The van der Waals surface area contributed by atoms with Gasteiger partial charge in [-0.1, -0.05) is 11.6 Å². The van der Waals surface area contributed by atoms with Crippen LogP contribution in [0.5, 0.6) is 11.5 Å². The van der Waals surface area contributed by atoms with Crippen molar-refractivity contribution in [2.75, 3.05) is 34.4 Å². The summed E-state index contributed by atoms with van der Waals surface area (Å²) in [5.74, 6) is -0.345. The monoisotopic (exact) mass is 287 g/mol. The lowest BCUT2D eigenvalue weighted by Crippen LogP contribution is -2.15. The minimum absolute atomic E-state index is 0.0718. The number of nitrogens with zero attached hydrogens (tertiary/aromatic N) is 1. The first-order chi connectivity index (χ1) is 8.95. The third-order valence-corrected chi connectivity index (χ3v) is 2.75. The van der Waals surface area contributed by atoms with Crippen LogP contribution < -0.4 is 9.47 Å². The summed E-state index contributed by atoms with van der Waals surface area (Å²) >= 11 is 6.02. The van der Waals surface area contributed by atoms with Crippen LogP contribution in [-0.2, 0) is 0 Å². The van der Waals surface area contributed by atoms with Crippen LogP contribution in [0, 0.1) is 0 Å². The number of methoxy groups -OCH3 is 1. The van der Waals surface area contributed by atoms with Gasteiger partial charge in [-0.2, -0.15) is 0 Å². The summed E-state index contributed by atoms with van der Waals surface area (Å²) in [6.45, 7) is 1.38. The van der Waals surface area contributed by atoms with E-state index < -0.39 is 5.97 Å². The minimum Gasteiger partial charge on any atom is -0.493 e. The first-order valence-corrected chi connectivity index (χ1v) is 6.22. The summed E-state index contributed by atoms with van der Waals surface area (Å²) in [5, 5.41) is 9.17. The van der Waals surface area contributed by atoms with Crippen molar-refractivity contribution < 1.29 is 19.4 Å². The zero-order valence-corrected chi connectivity index (χ0v) is 12.0. The van der Waals surface area contributed by atoms with E-state index in [1.54, 1.807) is 0 Å². The molecule has 19 heavy (non-hydrogen) atoms. The SMILES string of the molecule is COc1cc(C(=O)O)cc(Cl)c1OCCCN(C)C. The standard InChI is InChI=1S/C13H18ClNO4/c1-15(2)5-4-6-19-12-10(14)7-9(13(16)17)8-11(12)18-3/h7-8H,4-6H2,1-3H3,(H,16,17). The van der Waals surface area contributed by atoms with Crippen LogP contribution in [-0.4, -0.2) is 50.3 Å². The van der Waals surface area contributed by atoms with Crippen LogP contribution in [0.1, 0.15) is 16.8 Å². The number of benzene rings is 1. The molecule has 0 atom stereocenters. The second-order valence-electron chi connectivity index (χ2n) is 4.30. The summed E-state index contributed by atoms with van der Waals surface area (Å²) in [6.07, 6.45) is 0.840. The second kappa shape index (κ2) is 7.21. The van der Waals surface area contributed by atoms with Gasteiger partial charge in [-0.3, -0.25) is 0 Å². The summed E-state index contributed by atoms with van der Waals surface area (Å²) in [7, 11) is 5.41. The molecule has 6 heteroatoms. The molecule has 5 nitrogen and oxygen atoms in total. The van der Waals surface area contributed by atoms with Gasteiger partial charge in [-0.15, -0.1) is 0 Å². The number of hydrogen-bond acceptors (Lipinski definition) is 4. The molecule has 0 radical (unpaired) electrons. The number of hydrogen-bond donors (Lipinski definition) is 1. The Bertz CT molecular complexity index is 449. The fraction of sp³-hybridized carbons (Fsp3) is 0.462. The van der Waals surface area contributed by atoms with Crippen molar-refractivity contribution in [3.05, 3.63) is 22.7 Å². The quantitative estimate of drug-likeness (QED) is 0.780. The molecule has 1 N–H and O–H groups in total. The van der Waals surface area contributed by atoms with E-state index in [4.69, 9.17) is 26.2 Å². The molecule has 0 aliphatic carbocycles. The zero-order valence-electron chi connectivity index (χ0n) is 11.3. The van der Waals surface area contributed by atoms with E-state index in [-0.39, 0.29) is 10.6 Å². The number of carboxylic acids is 1. The molecule has 0 spiro atoms. The van der Waals surface area contributed by atoms with Gasteiger partial charge in [0.1, 0.15) is 0 Å². The summed E-state index contributed by atoms with van der Waals surface area (Å²) < 4.78 is 10.7. The molecule has 106 valence electrons. The molecule has 0 unspecified atom stereocenters. The Morgan fingerprint density at radius 2 is 2.11 bits per heavy atom. The smallest absolute Gasteiger partial charge is 0.335 e. The molecular formula is C13H18ClNO4. The molecule has 0 aliphatic rings. The van der Waals surface area contributed by atoms with Gasteiger partial charge >= 0.3 is 5.97 Å². The lowest BCUT2D eigenvalue weighted by molar-refractivity contribution is 0.0696. The van der Waals surface area contributed by atoms with Crippen molar-refractivity contribution in [2.24, 2.45) is 0 Å². The van der Waals surface area contributed by atoms with Crippen LogP contribution in [0.15, 0.2) is 12.1 Å². The highest BCUT2D eigenvalue weighted by atomic mass is 35.5. The molecule has 0 saturated carbocycles. The van der Waals surface area contributed by atoms with Gasteiger partial charge < -0.3 is 19.5 Å². The normalized spacial score (nSPS) is 10.6. The van der Waals surface area contributed by atoms with Crippen LogP contribution in [0.2, 0.25) is 5.02 Å². The van der Waals surface area contributed by atoms with E-state index in [1.807, 2.05) is 14.1 Å². The average Bonchev–Trinajstić information content (AvgIpc) is 2.34. The Morgan fingerprint density at radius 3 is 2.63 bits per heavy atom. The van der Waals surface area contributed by atoms with Crippen LogP contribution in [0.4, 0.5) is 0 Å². The van der Waals surface area contributed by atoms with Crippen molar-refractivity contribution in [3.8, 4) is 11.5 Å². The van der Waals surface area contributed by atoms with Crippen LogP contribution in [0.3, 0.4) is 0 Å². The molecule has 0 amide bonds. The van der Waals surface area contributed by atoms with Gasteiger partial charge in [-0.05, 0) is 32.6 Å². The summed E-state index contributed by atoms with van der Waals surface area (Å²) in [4.78, 5) is 13.0. The van der Waals surface area contributed by atoms with Gasteiger partial charge in [0, 0.05) is 6.54 Å². The van der Waals surface area contributed by atoms with E-state index in [9.17, 15) is 4.79 Å². The van der Waals surface area contributed by atoms with E-state index >= 15 is 0 Å². The largest absolute Gasteiger partial charge is 0.493 e. The minimum atomic E-state index is -1.06. The highest BCUT2D eigenvalue weighted by Crippen LogP contribution is 2.36. The fourth-order valence-corrected chi connectivity index (χ4v) is 1.80. The van der Waals surface area contributed by atoms with Gasteiger partial charge in [0.2, 0.25) is 0 Å². The number of rotatable bonds is 7. The number of carbonyl (C=O) groups is 1. The highest BCUT2D eigenvalue weighted by Gasteiger charge is 2.15. The predicted octanol–water partition coefficient (Wildman–Crippen LogP) is 2.38. The Balaban J connectivity index is 2.79. The topological polar surface area (TPSA) is 59.0 Å². The summed E-state index contributed by atoms with van der Waals surface area (Å²) in [6, 6.07) is 2.75. The third-order valence-electron chi connectivity index (χ3n) is 2.47. The van der Waals surface area contributed by atoms with Gasteiger partial charge in [0.05, 0.1) is 24.3 Å². The van der Waals surface area contributed by atoms with E-state index in [0.717, 1.165) is 13.0 Å². The first-order valence-electron chi connectivity index (χ1n) is 5.84. The van der Waals surface area contributed by atoms with Crippen molar-refractivity contribution in [1.29, 1.82) is 0 Å². The maximum atomic E-state index is 10.9. The maximum absolute atomic E-state index is 10.9. The highest BCUT2D eigenvalue weighted by molar-refractivity contribution is 6.32. The molecular weight excluding hydrogens is 270 g/mol. The fourth-order valence-electron chi connectivity index (χ4n) is 1.54. The van der Waals surface area contributed by atoms with Gasteiger partial charge in [0.15, 0.2) is 11.5 Å². The molecule has 0 heterocycles. The van der Waals surface area contributed by atoms with E-state index in [0.29, 0.717) is 18.1 Å². The van der Waals surface area contributed by atoms with Crippen LogP contribution >= 0.6 is 11.6 Å². The average molecular weight is 288 g/mol. The lowest BCUT2D eigenvalue weighted by Gasteiger charge is -2.14. The van der Waals surface area contributed by atoms with Crippen molar-refractivity contribution in [3.63, 3.8) is 0 Å². The number of carboxylic acid groups (broad SMARTS) is 1. The molecule has 0 fully saturated rings. The predicted molar refractivity (Wildman–Crippen MR) is 73.6 cm³/mol. The maximum Gasteiger partial charge on any atom is 0.335 e. The number of ether oxygens (including phenoxy) is 2. The summed E-state index contributed by atoms with van der Waals surface area (Å²) in [5.41, 5.74) is 0.0718. The molecule has 1 rings (SSSR count).